The zero-order valence-electron chi connectivity index (χ0n) is 11.6. The van der Waals surface area contributed by atoms with Crippen LogP contribution in [0.15, 0.2) is 18.2 Å². The molecule has 5 heteroatoms. The molecule has 0 bridgehead atoms. The monoisotopic (exact) mass is 287 g/mol. The van der Waals surface area contributed by atoms with Crippen molar-refractivity contribution < 1.29 is 13.9 Å². The number of halogens is 2. The first kappa shape index (κ1) is 15.9. The number of esters is 1. The van der Waals surface area contributed by atoms with Gasteiger partial charge in [-0.25, -0.2) is 4.39 Å². The zero-order valence-corrected chi connectivity index (χ0v) is 12.3. The van der Waals surface area contributed by atoms with E-state index in [1.165, 1.54) is 12.1 Å². The van der Waals surface area contributed by atoms with Crippen LogP contribution in [0.25, 0.3) is 0 Å². The Hall–Kier alpha value is -1.13. The SMILES string of the molecule is CC(NCC(=O)OC(C)(C)C)c1ccc(Cl)c(F)c1. The molecule has 0 fully saturated rings. The van der Waals surface area contributed by atoms with E-state index in [1.54, 1.807) is 6.07 Å². The van der Waals surface area contributed by atoms with E-state index in [9.17, 15) is 9.18 Å². The summed E-state index contributed by atoms with van der Waals surface area (Å²) in [6, 6.07) is 4.41. The average molecular weight is 288 g/mol. The highest BCUT2D eigenvalue weighted by molar-refractivity contribution is 6.30. The molecule has 0 amide bonds. The van der Waals surface area contributed by atoms with Gasteiger partial charge in [-0.2, -0.15) is 0 Å². The van der Waals surface area contributed by atoms with Gasteiger partial charge in [0.05, 0.1) is 11.6 Å². The summed E-state index contributed by atoms with van der Waals surface area (Å²) in [6.07, 6.45) is 0. The van der Waals surface area contributed by atoms with Crippen molar-refractivity contribution in [3.8, 4) is 0 Å². The lowest BCUT2D eigenvalue weighted by Crippen LogP contribution is -2.32. The molecule has 1 N–H and O–H groups in total. The van der Waals surface area contributed by atoms with Gasteiger partial charge < -0.3 is 10.1 Å². The highest BCUT2D eigenvalue weighted by Crippen LogP contribution is 2.20. The standard InChI is InChI=1S/C14H19ClFNO2/c1-9(10-5-6-11(15)12(16)7-10)17-8-13(18)19-14(2,3)4/h5-7,9,17H,8H2,1-4H3. The summed E-state index contributed by atoms with van der Waals surface area (Å²) in [4.78, 5) is 11.5. The molecule has 0 spiro atoms. The molecular weight excluding hydrogens is 269 g/mol. The Labute approximate surface area is 118 Å². The van der Waals surface area contributed by atoms with Crippen LogP contribution in [-0.2, 0) is 9.53 Å². The van der Waals surface area contributed by atoms with E-state index in [4.69, 9.17) is 16.3 Å². The third-order valence-corrected chi connectivity index (χ3v) is 2.72. The van der Waals surface area contributed by atoms with Crippen molar-refractivity contribution in [3.63, 3.8) is 0 Å². The van der Waals surface area contributed by atoms with E-state index in [0.29, 0.717) is 0 Å². The first-order chi connectivity index (χ1) is 8.69. The predicted octanol–water partition coefficient (Wildman–Crippen LogP) is 3.47. The minimum absolute atomic E-state index is 0.0721. The van der Waals surface area contributed by atoms with Crippen LogP contribution >= 0.6 is 11.6 Å². The lowest BCUT2D eigenvalue weighted by Gasteiger charge is -2.21. The van der Waals surface area contributed by atoms with Gasteiger partial charge in [0.15, 0.2) is 0 Å². The van der Waals surface area contributed by atoms with E-state index in [1.807, 2.05) is 27.7 Å². The molecule has 0 heterocycles. The molecule has 0 radical (unpaired) electrons. The van der Waals surface area contributed by atoms with Crippen molar-refractivity contribution in [1.82, 2.24) is 5.32 Å². The van der Waals surface area contributed by atoms with Gasteiger partial charge in [0.1, 0.15) is 11.4 Å². The van der Waals surface area contributed by atoms with Gasteiger partial charge in [0.2, 0.25) is 0 Å². The third kappa shape index (κ3) is 5.57. The van der Waals surface area contributed by atoms with Crippen LogP contribution in [0.3, 0.4) is 0 Å². The summed E-state index contributed by atoms with van der Waals surface area (Å²) in [5.41, 5.74) is 0.222. The number of hydrogen-bond donors (Lipinski definition) is 1. The van der Waals surface area contributed by atoms with Crippen molar-refractivity contribution in [2.45, 2.75) is 39.3 Å². The largest absolute Gasteiger partial charge is 0.459 e. The number of ether oxygens (including phenoxy) is 1. The number of hydrogen-bond acceptors (Lipinski definition) is 3. The molecule has 19 heavy (non-hydrogen) atoms. The molecule has 1 aromatic carbocycles. The van der Waals surface area contributed by atoms with Gasteiger partial charge >= 0.3 is 5.97 Å². The Morgan fingerprint density at radius 3 is 2.63 bits per heavy atom. The first-order valence-electron chi connectivity index (χ1n) is 6.09. The molecule has 106 valence electrons. The van der Waals surface area contributed by atoms with E-state index < -0.39 is 11.4 Å². The maximum absolute atomic E-state index is 13.3. The van der Waals surface area contributed by atoms with E-state index >= 15 is 0 Å². The summed E-state index contributed by atoms with van der Waals surface area (Å²) >= 11 is 5.62. The number of nitrogens with one attached hydrogen (secondary N) is 1. The molecule has 0 aliphatic carbocycles. The third-order valence-electron chi connectivity index (χ3n) is 2.42. The maximum atomic E-state index is 13.3. The topological polar surface area (TPSA) is 38.3 Å². The summed E-state index contributed by atoms with van der Waals surface area (Å²) in [6.45, 7) is 7.34. The minimum atomic E-state index is -0.506. The van der Waals surface area contributed by atoms with Gasteiger partial charge in [0, 0.05) is 6.04 Å². The summed E-state index contributed by atoms with van der Waals surface area (Å²) in [7, 11) is 0. The Morgan fingerprint density at radius 1 is 1.47 bits per heavy atom. The molecule has 1 unspecified atom stereocenters. The average Bonchev–Trinajstić information content (AvgIpc) is 2.27. The van der Waals surface area contributed by atoms with Crippen molar-refractivity contribution in [3.05, 3.63) is 34.6 Å². The Morgan fingerprint density at radius 2 is 2.11 bits per heavy atom. The van der Waals surface area contributed by atoms with E-state index in [0.717, 1.165) is 5.56 Å². The first-order valence-corrected chi connectivity index (χ1v) is 6.47. The molecule has 0 saturated carbocycles. The Bertz CT molecular complexity index is 457. The minimum Gasteiger partial charge on any atom is -0.459 e. The fourth-order valence-electron chi connectivity index (χ4n) is 1.51. The second-order valence-electron chi connectivity index (χ2n) is 5.36. The van der Waals surface area contributed by atoms with Crippen LogP contribution in [0.2, 0.25) is 5.02 Å². The lowest BCUT2D eigenvalue weighted by molar-refractivity contribution is -0.153. The highest BCUT2D eigenvalue weighted by atomic mass is 35.5. The van der Waals surface area contributed by atoms with Crippen molar-refractivity contribution in [1.29, 1.82) is 0 Å². The van der Waals surface area contributed by atoms with Crippen LogP contribution in [0, 0.1) is 5.82 Å². The Balaban J connectivity index is 2.53. The summed E-state index contributed by atoms with van der Waals surface area (Å²) in [5.74, 6) is -0.807. The molecule has 0 saturated heterocycles. The van der Waals surface area contributed by atoms with Crippen LogP contribution in [-0.4, -0.2) is 18.1 Å². The number of rotatable bonds is 4. The van der Waals surface area contributed by atoms with E-state index in [2.05, 4.69) is 5.32 Å². The maximum Gasteiger partial charge on any atom is 0.320 e. The fourth-order valence-corrected chi connectivity index (χ4v) is 1.63. The van der Waals surface area contributed by atoms with Crippen LogP contribution < -0.4 is 5.32 Å². The summed E-state index contributed by atoms with van der Waals surface area (Å²) < 4.78 is 18.5. The van der Waals surface area contributed by atoms with Crippen molar-refractivity contribution in [2.75, 3.05) is 6.54 Å². The second kappa shape index (κ2) is 6.35. The Kier molecular flexibility index (Phi) is 5.32. The lowest BCUT2D eigenvalue weighted by atomic mass is 10.1. The van der Waals surface area contributed by atoms with Gasteiger partial charge in [-0.1, -0.05) is 17.7 Å². The van der Waals surface area contributed by atoms with Crippen LogP contribution in [0.1, 0.15) is 39.3 Å². The van der Waals surface area contributed by atoms with Crippen molar-refractivity contribution >= 4 is 17.6 Å². The fraction of sp³-hybridized carbons (Fsp3) is 0.500. The normalized spacial score (nSPS) is 13.2. The van der Waals surface area contributed by atoms with Gasteiger partial charge in [0.25, 0.3) is 0 Å². The second-order valence-corrected chi connectivity index (χ2v) is 5.77. The molecule has 0 aliphatic rings. The zero-order chi connectivity index (χ0) is 14.6. The highest BCUT2D eigenvalue weighted by Gasteiger charge is 2.17. The predicted molar refractivity (Wildman–Crippen MR) is 73.7 cm³/mol. The van der Waals surface area contributed by atoms with Gasteiger partial charge in [-0.05, 0) is 45.4 Å². The number of carbonyl (C=O) groups is 1. The molecule has 1 rings (SSSR count). The van der Waals surface area contributed by atoms with E-state index in [-0.39, 0.29) is 23.6 Å². The molecule has 1 aromatic rings. The van der Waals surface area contributed by atoms with Crippen LogP contribution in [0.5, 0.6) is 0 Å². The van der Waals surface area contributed by atoms with Crippen LogP contribution in [0.4, 0.5) is 4.39 Å². The smallest absolute Gasteiger partial charge is 0.320 e. The number of benzene rings is 1. The van der Waals surface area contributed by atoms with Gasteiger partial charge in [-0.15, -0.1) is 0 Å². The molecule has 0 aromatic heterocycles. The quantitative estimate of drug-likeness (QED) is 0.862. The summed E-state index contributed by atoms with van der Waals surface area (Å²) in [5, 5.41) is 3.07. The van der Waals surface area contributed by atoms with Gasteiger partial charge in [-0.3, -0.25) is 4.79 Å². The molecule has 3 nitrogen and oxygen atoms in total. The molecule has 1 atom stereocenters. The van der Waals surface area contributed by atoms with Crippen molar-refractivity contribution in [2.24, 2.45) is 0 Å². The number of carbonyl (C=O) groups excluding carboxylic acids is 1. The molecular formula is C14H19ClFNO2. The molecule has 0 aliphatic heterocycles.